The van der Waals surface area contributed by atoms with Crippen LogP contribution >= 0.6 is 0 Å². The van der Waals surface area contributed by atoms with Crippen molar-refractivity contribution in [1.29, 1.82) is 0 Å². The highest BCUT2D eigenvalue weighted by Gasteiger charge is 2.12. The van der Waals surface area contributed by atoms with E-state index in [1.165, 1.54) is 0 Å². The fraction of sp³-hybridized carbons (Fsp3) is 0.333. The van der Waals surface area contributed by atoms with Gasteiger partial charge in [0.05, 0.1) is 12.6 Å². The second kappa shape index (κ2) is 4.77. The molecular formula is C15H17NO2. The number of rotatable bonds is 3. The van der Waals surface area contributed by atoms with Crippen molar-refractivity contribution in [3.05, 3.63) is 35.5 Å². The number of fused-ring (bicyclic) bond motifs is 1. The van der Waals surface area contributed by atoms with Crippen molar-refractivity contribution in [1.82, 2.24) is 4.98 Å². The highest BCUT2D eigenvalue weighted by atomic mass is 16.5. The van der Waals surface area contributed by atoms with Gasteiger partial charge in [-0.3, -0.25) is 9.78 Å². The van der Waals surface area contributed by atoms with Crippen LogP contribution in [0.4, 0.5) is 0 Å². The lowest BCUT2D eigenvalue weighted by atomic mass is 10.0. The molecule has 0 spiro atoms. The fourth-order valence-electron chi connectivity index (χ4n) is 1.94. The van der Waals surface area contributed by atoms with Crippen LogP contribution in [0.1, 0.15) is 42.7 Å². The summed E-state index contributed by atoms with van der Waals surface area (Å²) in [6.45, 7) is 5.72. The van der Waals surface area contributed by atoms with Gasteiger partial charge in [0, 0.05) is 16.6 Å². The molecule has 0 N–H and O–H groups in total. The predicted molar refractivity (Wildman–Crippen MR) is 72.4 cm³/mol. The zero-order valence-corrected chi connectivity index (χ0v) is 11.2. The van der Waals surface area contributed by atoms with Crippen molar-refractivity contribution < 1.29 is 9.53 Å². The second-order valence-corrected chi connectivity index (χ2v) is 4.69. The van der Waals surface area contributed by atoms with Crippen LogP contribution in [0.5, 0.6) is 5.75 Å². The zero-order valence-electron chi connectivity index (χ0n) is 11.2. The van der Waals surface area contributed by atoms with Gasteiger partial charge in [-0.15, -0.1) is 0 Å². The normalized spacial score (nSPS) is 10.9. The van der Waals surface area contributed by atoms with Crippen LogP contribution in [0.25, 0.3) is 10.9 Å². The molecule has 0 fully saturated rings. The van der Waals surface area contributed by atoms with Gasteiger partial charge >= 0.3 is 0 Å². The van der Waals surface area contributed by atoms with E-state index in [9.17, 15) is 4.79 Å². The van der Waals surface area contributed by atoms with Gasteiger partial charge in [0.15, 0.2) is 5.78 Å². The van der Waals surface area contributed by atoms with Crippen molar-refractivity contribution in [2.45, 2.75) is 26.7 Å². The smallest absolute Gasteiger partial charge is 0.160 e. The van der Waals surface area contributed by atoms with E-state index in [0.29, 0.717) is 11.5 Å². The summed E-state index contributed by atoms with van der Waals surface area (Å²) in [6.07, 6.45) is 0. The molecule has 0 saturated carbocycles. The minimum Gasteiger partial charge on any atom is -0.497 e. The first-order valence-corrected chi connectivity index (χ1v) is 6.02. The summed E-state index contributed by atoms with van der Waals surface area (Å²) in [7, 11) is 1.62. The fourth-order valence-corrected chi connectivity index (χ4v) is 1.94. The first-order chi connectivity index (χ1) is 8.52. The Labute approximate surface area is 107 Å². The number of hydrogen-bond donors (Lipinski definition) is 0. The molecule has 94 valence electrons. The van der Waals surface area contributed by atoms with Crippen LogP contribution in [-0.4, -0.2) is 17.9 Å². The molecule has 0 aliphatic heterocycles. The van der Waals surface area contributed by atoms with E-state index >= 15 is 0 Å². The van der Waals surface area contributed by atoms with Crippen LogP contribution < -0.4 is 4.74 Å². The zero-order chi connectivity index (χ0) is 13.3. The van der Waals surface area contributed by atoms with Gasteiger partial charge in [-0.1, -0.05) is 13.8 Å². The van der Waals surface area contributed by atoms with Crippen LogP contribution in [0.15, 0.2) is 24.3 Å². The Bertz CT molecular complexity index is 603. The third-order valence-corrected chi connectivity index (χ3v) is 3.01. The molecule has 1 aromatic heterocycles. The summed E-state index contributed by atoms with van der Waals surface area (Å²) in [5.41, 5.74) is 2.49. The lowest BCUT2D eigenvalue weighted by molar-refractivity contribution is 0.101. The summed E-state index contributed by atoms with van der Waals surface area (Å²) in [4.78, 5) is 16.4. The van der Waals surface area contributed by atoms with Crippen molar-refractivity contribution >= 4 is 16.7 Å². The van der Waals surface area contributed by atoms with Gasteiger partial charge in [0.25, 0.3) is 0 Å². The average Bonchev–Trinajstić information content (AvgIpc) is 2.36. The number of ether oxygens (including phenoxy) is 1. The monoisotopic (exact) mass is 243 g/mol. The van der Waals surface area contributed by atoms with E-state index in [1.54, 1.807) is 14.0 Å². The van der Waals surface area contributed by atoms with E-state index in [0.717, 1.165) is 22.3 Å². The molecule has 0 aliphatic rings. The van der Waals surface area contributed by atoms with Crippen molar-refractivity contribution in [3.63, 3.8) is 0 Å². The molecule has 0 radical (unpaired) electrons. The summed E-state index contributed by atoms with van der Waals surface area (Å²) in [5.74, 6) is 1.09. The third kappa shape index (κ3) is 2.21. The molecule has 0 atom stereocenters. The molecule has 0 aliphatic carbocycles. The summed E-state index contributed by atoms with van der Waals surface area (Å²) < 4.78 is 5.20. The number of Topliss-reactive ketones (excluding diaryl/α,β-unsaturated/α-hetero) is 1. The molecule has 2 rings (SSSR count). The van der Waals surface area contributed by atoms with Gasteiger partial charge in [-0.2, -0.15) is 0 Å². The third-order valence-electron chi connectivity index (χ3n) is 3.01. The maximum atomic E-state index is 11.8. The number of aromatic nitrogens is 1. The molecule has 1 aromatic carbocycles. The largest absolute Gasteiger partial charge is 0.497 e. The Morgan fingerprint density at radius 3 is 2.56 bits per heavy atom. The van der Waals surface area contributed by atoms with Gasteiger partial charge in [-0.05, 0) is 37.1 Å². The summed E-state index contributed by atoms with van der Waals surface area (Å²) in [6, 6.07) is 7.51. The first kappa shape index (κ1) is 12.6. The van der Waals surface area contributed by atoms with Crippen LogP contribution in [0, 0.1) is 0 Å². The number of methoxy groups -OCH3 is 1. The van der Waals surface area contributed by atoms with Gasteiger partial charge in [-0.25, -0.2) is 0 Å². The lowest BCUT2D eigenvalue weighted by Crippen LogP contribution is -2.01. The molecule has 0 unspecified atom stereocenters. The second-order valence-electron chi connectivity index (χ2n) is 4.69. The predicted octanol–water partition coefficient (Wildman–Crippen LogP) is 3.57. The lowest BCUT2D eigenvalue weighted by Gasteiger charge is -2.11. The van der Waals surface area contributed by atoms with Crippen LogP contribution in [0.3, 0.4) is 0 Å². The van der Waals surface area contributed by atoms with Gasteiger partial charge < -0.3 is 4.74 Å². The Morgan fingerprint density at radius 1 is 1.28 bits per heavy atom. The number of carbonyl (C=O) groups excluding carboxylic acids is 1. The van der Waals surface area contributed by atoms with E-state index in [2.05, 4.69) is 18.8 Å². The molecule has 3 nitrogen and oxygen atoms in total. The highest BCUT2D eigenvalue weighted by molar-refractivity contribution is 6.06. The molecule has 18 heavy (non-hydrogen) atoms. The van der Waals surface area contributed by atoms with Crippen molar-refractivity contribution in [2.24, 2.45) is 0 Å². The molecule has 0 saturated heterocycles. The highest BCUT2D eigenvalue weighted by Crippen LogP contribution is 2.26. The number of hydrogen-bond acceptors (Lipinski definition) is 3. The van der Waals surface area contributed by atoms with Crippen LogP contribution in [-0.2, 0) is 0 Å². The molecule has 2 aromatic rings. The Balaban J connectivity index is 2.77. The van der Waals surface area contributed by atoms with Crippen molar-refractivity contribution in [2.75, 3.05) is 7.11 Å². The van der Waals surface area contributed by atoms with Gasteiger partial charge in [0.2, 0.25) is 0 Å². The van der Waals surface area contributed by atoms with Crippen molar-refractivity contribution in [3.8, 4) is 5.75 Å². The SMILES string of the molecule is COc1ccc2nc(C(C)C)cc(C(C)=O)c2c1. The summed E-state index contributed by atoms with van der Waals surface area (Å²) >= 11 is 0. The maximum absolute atomic E-state index is 11.8. The number of nitrogens with zero attached hydrogens (tertiary/aromatic N) is 1. The molecule has 0 amide bonds. The number of pyridine rings is 1. The van der Waals surface area contributed by atoms with Crippen LogP contribution in [0.2, 0.25) is 0 Å². The molecular weight excluding hydrogens is 226 g/mol. The topological polar surface area (TPSA) is 39.2 Å². The standard InChI is InChI=1S/C15H17NO2/c1-9(2)15-8-12(10(3)17)13-7-11(18-4)5-6-14(13)16-15/h5-9H,1-4H3. The molecule has 1 heterocycles. The Hall–Kier alpha value is -1.90. The average molecular weight is 243 g/mol. The van der Waals surface area contributed by atoms with E-state index in [-0.39, 0.29) is 5.78 Å². The van der Waals surface area contributed by atoms with E-state index in [4.69, 9.17) is 4.74 Å². The quantitative estimate of drug-likeness (QED) is 0.773. The number of carbonyl (C=O) groups is 1. The number of benzene rings is 1. The maximum Gasteiger partial charge on any atom is 0.160 e. The first-order valence-electron chi connectivity index (χ1n) is 6.02. The van der Waals surface area contributed by atoms with Gasteiger partial charge in [0.1, 0.15) is 5.75 Å². The Morgan fingerprint density at radius 2 is 2.00 bits per heavy atom. The minimum atomic E-state index is 0.0533. The Kier molecular flexibility index (Phi) is 3.32. The minimum absolute atomic E-state index is 0.0533. The molecule has 0 bridgehead atoms. The van der Waals surface area contributed by atoms with E-state index in [1.807, 2.05) is 24.3 Å². The summed E-state index contributed by atoms with van der Waals surface area (Å²) in [5, 5.41) is 0.853. The molecule has 3 heteroatoms. The number of ketones is 1. The van der Waals surface area contributed by atoms with E-state index < -0.39 is 0 Å².